The van der Waals surface area contributed by atoms with Crippen LogP contribution in [0.3, 0.4) is 0 Å². The van der Waals surface area contributed by atoms with E-state index in [1.54, 1.807) is 6.33 Å². The Morgan fingerprint density at radius 3 is 2.26 bits per heavy atom. The molecule has 192 valence electrons. The Kier molecular flexibility index (Phi) is 8.86. The molecule has 1 aromatic heterocycles. The van der Waals surface area contributed by atoms with Crippen molar-refractivity contribution >= 4 is 27.5 Å². The third kappa shape index (κ3) is 7.54. The Hall–Kier alpha value is -3.45. The second kappa shape index (κ2) is 12.9. The van der Waals surface area contributed by atoms with Gasteiger partial charge in [0.05, 0.1) is 13.1 Å². The third-order valence-electron chi connectivity index (χ3n) is 6.24. The number of aromatic nitrogens is 3. The predicted octanol–water partition coefficient (Wildman–Crippen LogP) is 7.78. The molecule has 0 unspecified atom stereocenters. The van der Waals surface area contributed by atoms with Gasteiger partial charge in [0.2, 0.25) is 0 Å². The van der Waals surface area contributed by atoms with Crippen LogP contribution in [-0.2, 0) is 26.1 Å². The van der Waals surface area contributed by atoms with Crippen LogP contribution in [0.2, 0.25) is 5.02 Å². The van der Waals surface area contributed by atoms with Crippen molar-refractivity contribution in [3.05, 3.63) is 141 Å². The van der Waals surface area contributed by atoms with Crippen LogP contribution in [0.15, 0.2) is 114 Å². The van der Waals surface area contributed by atoms with Gasteiger partial charge in [0.1, 0.15) is 23.7 Å². The highest BCUT2D eigenvalue weighted by atomic mass is 79.9. The lowest BCUT2D eigenvalue weighted by molar-refractivity contribution is 0.250. The summed E-state index contributed by atoms with van der Waals surface area (Å²) in [4.78, 5) is 2.41. The first-order valence-corrected chi connectivity index (χ1v) is 13.7. The number of para-hydroxylation sites is 1. The Balaban J connectivity index is 1.30. The average Bonchev–Trinajstić information content (AvgIpc) is 3.36. The highest BCUT2D eigenvalue weighted by molar-refractivity contribution is 9.10. The van der Waals surface area contributed by atoms with E-state index in [9.17, 15) is 0 Å². The summed E-state index contributed by atoms with van der Waals surface area (Å²) in [7, 11) is 0. The van der Waals surface area contributed by atoms with Crippen molar-refractivity contribution in [2.75, 3.05) is 6.54 Å². The molecule has 0 aliphatic rings. The second-order valence-corrected chi connectivity index (χ2v) is 10.5. The Labute approximate surface area is 236 Å². The van der Waals surface area contributed by atoms with E-state index in [1.807, 2.05) is 60.7 Å². The van der Waals surface area contributed by atoms with E-state index in [2.05, 4.69) is 78.1 Å². The van der Waals surface area contributed by atoms with E-state index in [0.29, 0.717) is 13.1 Å². The van der Waals surface area contributed by atoms with Crippen molar-refractivity contribution in [2.24, 2.45) is 0 Å². The molecule has 5 aromatic rings. The molecule has 0 fully saturated rings. The van der Waals surface area contributed by atoms with Gasteiger partial charge in [-0.05, 0) is 71.6 Å². The molecule has 0 spiro atoms. The molecule has 0 saturated carbocycles. The van der Waals surface area contributed by atoms with Crippen molar-refractivity contribution in [3.8, 4) is 11.5 Å². The number of benzene rings is 4. The molecule has 0 bridgehead atoms. The number of ether oxygens (including phenoxy) is 1. The molecule has 0 aliphatic carbocycles. The maximum Gasteiger partial charge on any atom is 0.147 e. The fraction of sp³-hybridized carbons (Fsp3) is 0.161. The summed E-state index contributed by atoms with van der Waals surface area (Å²) in [5.41, 5.74) is 3.63. The maximum atomic E-state index is 6.20. The zero-order chi connectivity index (χ0) is 26.2. The monoisotopic (exact) mass is 586 g/mol. The number of hydrogen-bond donors (Lipinski definition) is 0. The number of hydrogen-bond acceptors (Lipinski definition) is 4. The molecule has 4 aromatic carbocycles. The molecule has 0 N–H and O–H groups in total. The summed E-state index contributed by atoms with van der Waals surface area (Å²) >= 11 is 9.73. The summed E-state index contributed by atoms with van der Waals surface area (Å²) in [6.07, 6.45) is 2.73. The second-order valence-electron chi connectivity index (χ2n) is 9.15. The maximum absolute atomic E-state index is 6.20. The molecule has 38 heavy (non-hydrogen) atoms. The van der Waals surface area contributed by atoms with Crippen LogP contribution in [0.25, 0.3) is 0 Å². The lowest BCUT2D eigenvalue weighted by Crippen LogP contribution is -2.27. The number of rotatable bonds is 11. The van der Waals surface area contributed by atoms with Crippen LogP contribution in [-0.4, -0.2) is 26.2 Å². The van der Waals surface area contributed by atoms with E-state index >= 15 is 0 Å². The van der Waals surface area contributed by atoms with Gasteiger partial charge >= 0.3 is 0 Å². The van der Waals surface area contributed by atoms with E-state index < -0.39 is 0 Å². The summed E-state index contributed by atoms with van der Waals surface area (Å²) in [6.45, 7) is 3.02. The summed E-state index contributed by atoms with van der Waals surface area (Å²) in [5, 5.41) is 9.40. The smallest absolute Gasteiger partial charge is 0.147 e. The van der Waals surface area contributed by atoms with Crippen molar-refractivity contribution in [3.63, 3.8) is 0 Å². The van der Waals surface area contributed by atoms with Gasteiger partial charge in [-0.1, -0.05) is 82.1 Å². The van der Waals surface area contributed by atoms with E-state index in [0.717, 1.165) is 51.9 Å². The lowest BCUT2D eigenvalue weighted by Gasteiger charge is -2.23. The van der Waals surface area contributed by atoms with Crippen LogP contribution in [0, 0.1) is 0 Å². The highest BCUT2D eigenvalue weighted by Crippen LogP contribution is 2.22. The fourth-order valence-corrected chi connectivity index (χ4v) is 4.74. The average molecular weight is 588 g/mol. The summed E-state index contributed by atoms with van der Waals surface area (Å²) in [6, 6.07) is 34.6. The lowest BCUT2D eigenvalue weighted by atomic mass is 10.1. The van der Waals surface area contributed by atoms with Gasteiger partial charge in [-0.2, -0.15) is 0 Å². The van der Waals surface area contributed by atoms with Gasteiger partial charge < -0.3 is 9.30 Å². The first-order chi connectivity index (χ1) is 18.6. The molecule has 5 nitrogen and oxygen atoms in total. The van der Waals surface area contributed by atoms with E-state index in [1.165, 1.54) is 11.1 Å². The van der Waals surface area contributed by atoms with Gasteiger partial charge in [0, 0.05) is 22.6 Å². The van der Waals surface area contributed by atoms with Gasteiger partial charge in [0.15, 0.2) is 0 Å². The molecule has 0 radical (unpaired) electrons. The van der Waals surface area contributed by atoms with E-state index in [4.69, 9.17) is 16.3 Å². The van der Waals surface area contributed by atoms with E-state index in [-0.39, 0.29) is 0 Å². The molecule has 1 heterocycles. The largest absolute Gasteiger partial charge is 0.457 e. The van der Waals surface area contributed by atoms with Crippen molar-refractivity contribution in [1.29, 1.82) is 0 Å². The molecule has 0 aliphatic heterocycles. The summed E-state index contributed by atoms with van der Waals surface area (Å²) < 4.78 is 9.15. The zero-order valence-corrected chi connectivity index (χ0v) is 23.2. The minimum Gasteiger partial charge on any atom is -0.457 e. The van der Waals surface area contributed by atoms with Crippen LogP contribution in [0.4, 0.5) is 0 Å². The highest BCUT2D eigenvalue weighted by Gasteiger charge is 2.13. The predicted molar refractivity (Wildman–Crippen MR) is 155 cm³/mol. The fourth-order valence-electron chi connectivity index (χ4n) is 4.26. The SMILES string of the molecule is Clc1cccc(Cn2cnnc2CN(CCc2ccc(Br)cc2)Cc2ccc(Oc3ccccc3)cc2)c1. The number of nitrogens with zero attached hydrogens (tertiary/aromatic N) is 4. The van der Waals surface area contributed by atoms with Gasteiger partial charge in [-0.3, -0.25) is 4.90 Å². The molecule has 5 rings (SSSR count). The van der Waals surface area contributed by atoms with Gasteiger partial charge in [-0.15, -0.1) is 10.2 Å². The van der Waals surface area contributed by atoms with Crippen LogP contribution in [0.5, 0.6) is 11.5 Å². The molecular formula is C31H28BrClN4O. The molecule has 0 atom stereocenters. The van der Waals surface area contributed by atoms with Crippen molar-refractivity contribution in [2.45, 2.75) is 26.1 Å². The van der Waals surface area contributed by atoms with Gasteiger partial charge in [0.25, 0.3) is 0 Å². The quantitative estimate of drug-likeness (QED) is 0.158. The van der Waals surface area contributed by atoms with Crippen LogP contribution < -0.4 is 4.74 Å². The Morgan fingerprint density at radius 1 is 0.763 bits per heavy atom. The van der Waals surface area contributed by atoms with Gasteiger partial charge in [-0.25, -0.2) is 0 Å². The molecule has 0 saturated heterocycles. The molecule has 7 heteroatoms. The summed E-state index contributed by atoms with van der Waals surface area (Å²) in [5.74, 6) is 2.57. The third-order valence-corrected chi connectivity index (χ3v) is 7.00. The Bertz CT molecular complexity index is 1440. The minimum atomic E-state index is 0.676. The first kappa shape index (κ1) is 26.2. The van der Waals surface area contributed by atoms with Crippen molar-refractivity contribution in [1.82, 2.24) is 19.7 Å². The zero-order valence-electron chi connectivity index (χ0n) is 20.9. The normalized spacial score (nSPS) is 11.1. The van der Waals surface area contributed by atoms with Crippen molar-refractivity contribution < 1.29 is 4.74 Å². The minimum absolute atomic E-state index is 0.676. The standard InChI is InChI=1S/C31H28BrClN4O/c32-27-13-9-24(10-14-27)17-18-36(20-25-11-15-30(16-12-25)38-29-7-2-1-3-8-29)22-31-35-34-23-37(31)21-26-5-4-6-28(33)19-26/h1-16,19,23H,17-18,20-22H2. The molecular weight excluding hydrogens is 560 g/mol. The molecule has 0 amide bonds. The first-order valence-electron chi connectivity index (χ1n) is 12.5. The van der Waals surface area contributed by atoms with Crippen LogP contribution >= 0.6 is 27.5 Å². The number of halogens is 2. The van der Waals surface area contributed by atoms with Crippen LogP contribution in [0.1, 0.15) is 22.5 Å². The Morgan fingerprint density at radius 2 is 1.50 bits per heavy atom. The topological polar surface area (TPSA) is 43.2 Å².